The number of hydrogen-bond donors (Lipinski definition) is 2. The predicted octanol–water partition coefficient (Wildman–Crippen LogP) is 2.70. The second-order valence-electron chi connectivity index (χ2n) is 3.99. The van der Waals surface area contributed by atoms with Crippen LogP contribution in [0.2, 0.25) is 0 Å². The number of carbonyl (C=O) groups is 1. The molecule has 3 nitrogen and oxygen atoms in total. The van der Waals surface area contributed by atoms with Crippen LogP contribution in [0.5, 0.6) is 0 Å². The fraction of sp³-hybridized carbons (Fsp3) is 0.214. The Labute approximate surface area is 102 Å². The van der Waals surface area contributed by atoms with Crippen molar-refractivity contribution in [3.8, 4) is 0 Å². The molecule has 1 rings (SSSR count). The SMILES string of the molecule is C=C(C)C(=O)Nc1ccc(C(=C)NC)c(C)c1. The summed E-state index contributed by atoms with van der Waals surface area (Å²) < 4.78 is 0. The second-order valence-corrected chi connectivity index (χ2v) is 3.99. The molecular formula is C14H18N2O. The Morgan fingerprint density at radius 1 is 1.29 bits per heavy atom. The zero-order chi connectivity index (χ0) is 13.0. The molecule has 0 aliphatic rings. The third kappa shape index (κ3) is 3.21. The van der Waals surface area contributed by atoms with Crippen molar-refractivity contribution in [1.29, 1.82) is 0 Å². The molecule has 0 aliphatic carbocycles. The van der Waals surface area contributed by atoms with E-state index in [0.717, 1.165) is 22.5 Å². The minimum Gasteiger partial charge on any atom is -0.388 e. The van der Waals surface area contributed by atoms with Gasteiger partial charge in [0.05, 0.1) is 0 Å². The van der Waals surface area contributed by atoms with Gasteiger partial charge in [-0.15, -0.1) is 0 Å². The van der Waals surface area contributed by atoms with Crippen LogP contribution in [-0.4, -0.2) is 13.0 Å². The average molecular weight is 230 g/mol. The van der Waals surface area contributed by atoms with E-state index < -0.39 is 0 Å². The largest absolute Gasteiger partial charge is 0.388 e. The molecule has 0 aromatic heterocycles. The van der Waals surface area contributed by atoms with Crippen molar-refractivity contribution in [2.75, 3.05) is 12.4 Å². The maximum atomic E-state index is 11.5. The second kappa shape index (κ2) is 5.34. The Balaban J connectivity index is 2.93. The number of amides is 1. The van der Waals surface area contributed by atoms with Crippen LogP contribution < -0.4 is 10.6 Å². The standard InChI is InChI=1S/C14H18N2O/c1-9(2)14(17)16-12-6-7-13(10(3)8-12)11(4)15-5/h6-8,15H,1,4H2,2-3,5H3,(H,16,17). The highest BCUT2D eigenvalue weighted by Crippen LogP contribution is 2.19. The molecule has 0 fully saturated rings. The Morgan fingerprint density at radius 3 is 2.41 bits per heavy atom. The summed E-state index contributed by atoms with van der Waals surface area (Å²) in [6, 6.07) is 5.70. The van der Waals surface area contributed by atoms with Crippen LogP contribution in [-0.2, 0) is 4.79 Å². The molecule has 17 heavy (non-hydrogen) atoms. The normalized spacial score (nSPS) is 9.59. The highest BCUT2D eigenvalue weighted by Gasteiger charge is 2.05. The van der Waals surface area contributed by atoms with Crippen molar-refractivity contribution < 1.29 is 4.79 Å². The number of anilines is 1. The van der Waals surface area contributed by atoms with Crippen molar-refractivity contribution >= 4 is 17.3 Å². The molecule has 0 saturated carbocycles. The Hall–Kier alpha value is -2.03. The molecule has 0 aliphatic heterocycles. The maximum absolute atomic E-state index is 11.5. The van der Waals surface area contributed by atoms with E-state index in [9.17, 15) is 4.79 Å². The average Bonchev–Trinajstić information content (AvgIpc) is 2.28. The van der Waals surface area contributed by atoms with Gasteiger partial charge in [0.25, 0.3) is 5.91 Å². The first-order chi connectivity index (χ1) is 7.95. The predicted molar refractivity (Wildman–Crippen MR) is 72.7 cm³/mol. The van der Waals surface area contributed by atoms with Crippen LogP contribution in [0.1, 0.15) is 18.1 Å². The molecule has 0 bridgehead atoms. The summed E-state index contributed by atoms with van der Waals surface area (Å²) in [6.45, 7) is 11.2. The lowest BCUT2D eigenvalue weighted by Gasteiger charge is -2.11. The molecule has 0 radical (unpaired) electrons. The van der Waals surface area contributed by atoms with E-state index >= 15 is 0 Å². The first-order valence-corrected chi connectivity index (χ1v) is 5.40. The van der Waals surface area contributed by atoms with E-state index in [-0.39, 0.29) is 5.91 Å². The highest BCUT2D eigenvalue weighted by atomic mass is 16.1. The fourth-order valence-corrected chi connectivity index (χ4v) is 1.45. The summed E-state index contributed by atoms with van der Waals surface area (Å²) in [5, 5.41) is 5.78. The van der Waals surface area contributed by atoms with Crippen molar-refractivity contribution in [3.63, 3.8) is 0 Å². The van der Waals surface area contributed by atoms with Gasteiger partial charge >= 0.3 is 0 Å². The number of rotatable bonds is 4. The van der Waals surface area contributed by atoms with Crippen LogP contribution >= 0.6 is 0 Å². The Morgan fingerprint density at radius 2 is 1.94 bits per heavy atom. The molecule has 90 valence electrons. The summed E-state index contributed by atoms with van der Waals surface area (Å²) in [5.41, 5.74) is 4.22. The van der Waals surface area contributed by atoms with Crippen molar-refractivity contribution in [3.05, 3.63) is 48.1 Å². The van der Waals surface area contributed by atoms with Gasteiger partial charge in [-0.3, -0.25) is 4.79 Å². The molecule has 3 heteroatoms. The lowest BCUT2D eigenvalue weighted by molar-refractivity contribution is -0.112. The topological polar surface area (TPSA) is 41.1 Å². The monoisotopic (exact) mass is 230 g/mol. The molecule has 1 aromatic carbocycles. The molecular weight excluding hydrogens is 212 g/mol. The fourth-order valence-electron chi connectivity index (χ4n) is 1.45. The molecule has 1 aromatic rings. The molecule has 2 N–H and O–H groups in total. The Kier molecular flexibility index (Phi) is 4.10. The molecule has 0 spiro atoms. The number of nitrogens with one attached hydrogen (secondary N) is 2. The number of hydrogen-bond acceptors (Lipinski definition) is 2. The quantitative estimate of drug-likeness (QED) is 0.781. The van der Waals surface area contributed by atoms with E-state index in [1.807, 2.05) is 32.2 Å². The first-order valence-electron chi connectivity index (χ1n) is 5.40. The number of aryl methyl sites for hydroxylation is 1. The van der Waals surface area contributed by atoms with Crippen LogP contribution in [0, 0.1) is 6.92 Å². The van der Waals surface area contributed by atoms with Crippen LogP contribution in [0.25, 0.3) is 5.70 Å². The van der Waals surface area contributed by atoms with Gasteiger partial charge in [0, 0.05) is 29.6 Å². The summed E-state index contributed by atoms with van der Waals surface area (Å²) >= 11 is 0. The first kappa shape index (κ1) is 13.0. The smallest absolute Gasteiger partial charge is 0.250 e. The van der Waals surface area contributed by atoms with Gasteiger partial charge in [0.1, 0.15) is 0 Å². The summed E-state index contributed by atoms with van der Waals surface area (Å²) in [5.74, 6) is -0.162. The molecule has 1 amide bonds. The van der Waals surface area contributed by atoms with Crippen LogP contribution in [0.3, 0.4) is 0 Å². The lowest BCUT2D eigenvalue weighted by atomic mass is 10.1. The minimum absolute atomic E-state index is 0.162. The van der Waals surface area contributed by atoms with Crippen molar-refractivity contribution in [1.82, 2.24) is 5.32 Å². The maximum Gasteiger partial charge on any atom is 0.250 e. The van der Waals surface area contributed by atoms with Gasteiger partial charge in [-0.1, -0.05) is 19.2 Å². The zero-order valence-corrected chi connectivity index (χ0v) is 10.6. The van der Waals surface area contributed by atoms with Gasteiger partial charge in [0.2, 0.25) is 0 Å². The van der Waals surface area contributed by atoms with Gasteiger partial charge in [-0.05, 0) is 31.5 Å². The van der Waals surface area contributed by atoms with E-state index in [2.05, 4.69) is 23.8 Å². The van der Waals surface area contributed by atoms with Gasteiger partial charge in [-0.25, -0.2) is 0 Å². The van der Waals surface area contributed by atoms with Crippen LogP contribution in [0.4, 0.5) is 5.69 Å². The van der Waals surface area contributed by atoms with E-state index in [1.54, 1.807) is 6.92 Å². The molecule has 0 atom stereocenters. The van der Waals surface area contributed by atoms with Gasteiger partial charge in [-0.2, -0.15) is 0 Å². The highest BCUT2D eigenvalue weighted by molar-refractivity contribution is 6.02. The third-order valence-corrected chi connectivity index (χ3v) is 2.50. The van der Waals surface area contributed by atoms with Gasteiger partial charge in [0.15, 0.2) is 0 Å². The van der Waals surface area contributed by atoms with Crippen molar-refractivity contribution in [2.24, 2.45) is 0 Å². The van der Waals surface area contributed by atoms with E-state index in [4.69, 9.17) is 0 Å². The minimum atomic E-state index is -0.162. The number of carbonyl (C=O) groups excluding carboxylic acids is 1. The van der Waals surface area contributed by atoms with Crippen molar-refractivity contribution in [2.45, 2.75) is 13.8 Å². The Bertz CT molecular complexity index is 475. The molecule has 0 heterocycles. The molecule has 0 unspecified atom stereocenters. The lowest BCUT2D eigenvalue weighted by Crippen LogP contribution is -2.12. The summed E-state index contributed by atoms with van der Waals surface area (Å²) in [4.78, 5) is 11.5. The summed E-state index contributed by atoms with van der Waals surface area (Å²) in [7, 11) is 1.83. The van der Waals surface area contributed by atoms with Crippen LogP contribution in [0.15, 0.2) is 36.9 Å². The molecule has 0 saturated heterocycles. The van der Waals surface area contributed by atoms with E-state index in [1.165, 1.54) is 0 Å². The van der Waals surface area contributed by atoms with Gasteiger partial charge < -0.3 is 10.6 Å². The summed E-state index contributed by atoms with van der Waals surface area (Å²) in [6.07, 6.45) is 0. The zero-order valence-electron chi connectivity index (χ0n) is 10.6. The third-order valence-electron chi connectivity index (χ3n) is 2.50. The van der Waals surface area contributed by atoms with E-state index in [0.29, 0.717) is 5.57 Å². The number of benzene rings is 1.